The van der Waals surface area contributed by atoms with Crippen LogP contribution in [0.5, 0.6) is 0 Å². The van der Waals surface area contributed by atoms with Gasteiger partial charge in [0, 0.05) is 36.5 Å². The van der Waals surface area contributed by atoms with E-state index in [4.69, 9.17) is 5.73 Å². The molecule has 0 aromatic carbocycles. The summed E-state index contributed by atoms with van der Waals surface area (Å²) >= 11 is 1.75. The number of hydrogen-bond donors (Lipinski definition) is 3. The van der Waals surface area contributed by atoms with Crippen molar-refractivity contribution in [3.05, 3.63) is 27.3 Å². The second-order valence-corrected chi connectivity index (χ2v) is 7.25. The Balaban J connectivity index is 1.60. The highest BCUT2D eigenvalue weighted by atomic mass is 32.1. The Kier molecular flexibility index (Phi) is 4.36. The van der Waals surface area contributed by atoms with Gasteiger partial charge < -0.3 is 16.4 Å². The van der Waals surface area contributed by atoms with Gasteiger partial charge in [0.05, 0.1) is 16.9 Å². The molecule has 124 valence electrons. The topological polar surface area (TPSA) is 97.9 Å². The van der Waals surface area contributed by atoms with Crippen molar-refractivity contribution in [2.75, 3.05) is 18.4 Å². The number of nitrogens with zero attached hydrogens (tertiary/aromatic N) is 3. The zero-order chi connectivity index (χ0) is 16.6. The fourth-order valence-corrected chi connectivity index (χ4v) is 3.92. The third-order valence-electron chi connectivity index (χ3n) is 4.14. The van der Waals surface area contributed by atoms with Crippen LogP contribution in [-0.4, -0.2) is 33.8 Å². The predicted octanol–water partition coefficient (Wildman–Crippen LogP) is 1.45. The Bertz CT molecular complexity index is 722. The molecule has 0 radical (unpaired) electrons. The number of fused-ring (bicyclic) bond motifs is 1. The van der Waals surface area contributed by atoms with Crippen molar-refractivity contribution in [3.63, 3.8) is 0 Å². The quantitative estimate of drug-likeness (QED) is 0.769. The molecule has 23 heavy (non-hydrogen) atoms. The largest absolute Gasteiger partial charge is 0.369 e. The average molecular weight is 334 g/mol. The van der Waals surface area contributed by atoms with Crippen molar-refractivity contribution in [2.45, 2.75) is 33.4 Å². The minimum atomic E-state index is -0.444. The Morgan fingerprint density at radius 3 is 3.04 bits per heavy atom. The van der Waals surface area contributed by atoms with Crippen molar-refractivity contribution in [1.82, 2.24) is 20.1 Å². The zero-order valence-corrected chi connectivity index (χ0v) is 14.4. The molecular formula is C15H22N6OS. The molecule has 0 bridgehead atoms. The van der Waals surface area contributed by atoms with Gasteiger partial charge in [-0.25, -0.2) is 9.67 Å². The van der Waals surface area contributed by atoms with Crippen molar-refractivity contribution in [3.8, 4) is 0 Å². The van der Waals surface area contributed by atoms with Crippen LogP contribution in [0.3, 0.4) is 0 Å². The molecule has 0 saturated heterocycles. The number of aromatic nitrogens is 3. The van der Waals surface area contributed by atoms with Crippen LogP contribution in [0, 0.1) is 19.8 Å². The summed E-state index contributed by atoms with van der Waals surface area (Å²) < 4.78 is 1.82. The van der Waals surface area contributed by atoms with E-state index in [1.54, 1.807) is 11.3 Å². The van der Waals surface area contributed by atoms with E-state index in [1.807, 2.05) is 11.6 Å². The third kappa shape index (κ3) is 3.23. The summed E-state index contributed by atoms with van der Waals surface area (Å²) in [5.74, 6) is 0.690. The number of rotatable bonds is 5. The van der Waals surface area contributed by atoms with Gasteiger partial charge in [0.25, 0.3) is 5.91 Å². The molecule has 2 aromatic heterocycles. The SMILES string of the molecule is Cc1nc(C)c([C@@H](C)NC[C@@H]2CNc3c(C(N)=O)cnn3C2)s1. The van der Waals surface area contributed by atoms with E-state index in [9.17, 15) is 4.79 Å². The van der Waals surface area contributed by atoms with Crippen LogP contribution in [0.15, 0.2) is 6.20 Å². The molecule has 8 heteroatoms. The van der Waals surface area contributed by atoms with E-state index in [0.29, 0.717) is 11.5 Å². The summed E-state index contributed by atoms with van der Waals surface area (Å²) in [5.41, 5.74) is 6.91. The van der Waals surface area contributed by atoms with Crippen molar-refractivity contribution in [2.24, 2.45) is 11.7 Å². The first-order valence-corrected chi connectivity index (χ1v) is 8.54. The normalized spacial score (nSPS) is 18.3. The van der Waals surface area contributed by atoms with Crippen LogP contribution < -0.4 is 16.4 Å². The molecule has 0 spiro atoms. The fraction of sp³-hybridized carbons (Fsp3) is 0.533. The van der Waals surface area contributed by atoms with Crippen LogP contribution in [0.1, 0.15) is 38.9 Å². The first-order valence-electron chi connectivity index (χ1n) is 7.72. The highest BCUT2D eigenvalue weighted by molar-refractivity contribution is 7.11. The smallest absolute Gasteiger partial charge is 0.254 e. The number of amides is 1. The first-order chi connectivity index (χ1) is 11.0. The van der Waals surface area contributed by atoms with Gasteiger partial charge in [0.1, 0.15) is 11.4 Å². The molecule has 3 rings (SSSR count). The van der Waals surface area contributed by atoms with Gasteiger partial charge in [-0.1, -0.05) is 0 Å². The number of nitrogens with two attached hydrogens (primary N) is 1. The van der Waals surface area contributed by atoms with Gasteiger partial charge in [-0.05, 0) is 20.8 Å². The zero-order valence-electron chi connectivity index (χ0n) is 13.6. The van der Waals surface area contributed by atoms with E-state index in [0.717, 1.165) is 36.2 Å². The second-order valence-electron chi connectivity index (χ2n) is 6.01. The summed E-state index contributed by atoms with van der Waals surface area (Å²) in [6, 6.07) is 0.279. The molecule has 7 nitrogen and oxygen atoms in total. The van der Waals surface area contributed by atoms with Gasteiger partial charge in [-0.15, -0.1) is 11.3 Å². The molecule has 3 heterocycles. The lowest BCUT2D eigenvalue weighted by Gasteiger charge is -2.27. The number of anilines is 1. The summed E-state index contributed by atoms with van der Waals surface area (Å²) in [5, 5.41) is 12.2. The molecular weight excluding hydrogens is 312 g/mol. The van der Waals surface area contributed by atoms with Crippen LogP contribution >= 0.6 is 11.3 Å². The predicted molar refractivity (Wildman–Crippen MR) is 90.7 cm³/mol. The number of carbonyl (C=O) groups is 1. The Morgan fingerprint density at radius 1 is 1.61 bits per heavy atom. The molecule has 2 atom stereocenters. The Morgan fingerprint density at radius 2 is 2.39 bits per heavy atom. The lowest BCUT2D eigenvalue weighted by atomic mass is 10.1. The monoisotopic (exact) mass is 334 g/mol. The number of primary amides is 1. The first kappa shape index (κ1) is 15.9. The van der Waals surface area contributed by atoms with Crippen LogP contribution in [0.4, 0.5) is 5.82 Å². The maximum absolute atomic E-state index is 11.3. The Labute approximate surface area is 139 Å². The summed E-state index contributed by atoms with van der Waals surface area (Å²) in [6.45, 7) is 8.70. The maximum Gasteiger partial charge on any atom is 0.254 e. The maximum atomic E-state index is 11.3. The number of aryl methyl sites for hydroxylation is 2. The lowest BCUT2D eigenvalue weighted by Crippen LogP contribution is -2.36. The molecule has 4 N–H and O–H groups in total. The summed E-state index contributed by atoms with van der Waals surface area (Å²) in [6.07, 6.45) is 1.53. The number of hydrogen-bond acceptors (Lipinski definition) is 6. The van der Waals surface area contributed by atoms with Gasteiger partial charge in [0.2, 0.25) is 0 Å². The number of carbonyl (C=O) groups excluding carboxylic acids is 1. The molecule has 0 aliphatic carbocycles. The van der Waals surface area contributed by atoms with E-state index < -0.39 is 5.91 Å². The molecule has 0 unspecified atom stereocenters. The van der Waals surface area contributed by atoms with Gasteiger partial charge in [-0.2, -0.15) is 5.10 Å². The standard InChI is InChI=1S/C15H22N6OS/c1-8(13-9(2)20-10(3)23-13)17-4-11-5-18-15-12(14(16)22)6-19-21(15)7-11/h6,8,11,17-18H,4-5,7H2,1-3H3,(H2,16,22)/t8-,11-/m1/s1. The van der Waals surface area contributed by atoms with Crippen molar-refractivity contribution < 1.29 is 4.79 Å². The van der Waals surface area contributed by atoms with E-state index >= 15 is 0 Å². The number of thiazole rings is 1. The van der Waals surface area contributed by atoms with E-state index in [2.05, 4.69) is 34.6 Å². The minimum absolute atomic E-state index is 0.279. The van der Waals surface area contributed by atoms with Gasteiger partial charge in [-0.3, -0.25) is 4.79 Å². The highest BCUT2D eigenvalue weighted by Crippen LogP contribution is 2.25. The summed E-state index contributed by atoms with van der Waals surface area (Å²) in [4.78, 5) is 17.1. The average Bonchev–Trinajstić information content (AvgIpc) is 3.07. The second kappa shape index (κ2) is 6.29. The summed E-state index contributed by atoms with van der Waals surface area (Å²) in [7, 11) is 0. The molecule has 1 aliphatic rings. The molecule has 0 saturated carbocycles. The third-order valence-corrected chi connectivity index (χ3v) is 5.40. The molecule has 2 aromatic rings. The van der Waals surface area contributed by atoms with Crippen LogP contribution in [0.25, 0.3) is 0 Å². The van der Waals surface area contributed by atoms with Gasteiger partial charge >= 0.3 is 0 Å². The molecule has 0 fully saturated rings. The molecule has 1 amide bonds. The van der Waals surface area contributed by atoms with E-state index in [1.165, 1.54) is 11.1 Å². The minimum Gasteiger partial charge on any atom is -0.369 e. The highest BCUT2D eigenvalue weighted by Gasteiger charge is 2.24. The Hall–Kier alpha value is -1.93. The number of nitrogens with one attached hydrogen (secondary N) is 2. The fourth-order valence-electron chi connectivity index (χ4n) is 2.96. The van der Waals surface area contributed by atoms with Gasteiger partial charge in [0.15, 0.2) is 0 Å². The van der Waals surface area contributed by atoms with Crippen LogP contribution in [0.2, 0.25) is 0 Å². The van der Waals surface area contributed by atoms with Crippen LogP contribution in [-0.2, 0) is 6.54 Å². The van der Waals surface area contributed by atoms with Crippen molar-refractivity contribution in [1.29, 1.82) is 0 Å². The lowest BCUT2D eigenvalue weighted by molar-refractivity contribution is 0.100. The van der Waals surface area contributed by atoms with E-state index in [-0.39, 0.29) is 6.04 Å². The molecule has 1 aliphatic heterocycles. The van der Waals surface area contributed by atoms with Crippen molar-refractivity contribution >= 4 is 23.1 Å².